The normalized spacial score (nSPS) is 16.1. The number of carboxylic acids is 1. The number of alkyl halides is 26. The summed E-state index contributed by atoms with van der Waals surface area (Å²) >= 11 is -0.976. The zero-order valence-electron chi connectivity index (χ0n) is 23.7. The molecule has 0 bridgehead atoms. The fourth-order valence-electron chi connectivity index (χ4n) is 3.23. The van der Waals surface area contributed by atoms with Gasteiger partial charge in [-0.15, -0.1) is 23.5 Å². The topological polar surface area (TPSA) is 37.3 Å². The molecule has 0 unspecified atom stereocenters. The lowest BCUT2D eigenvalue weighted by Gasteiger charge is -2.40. The molecule has 2 nitrogen and oxygen atoms in total. The Hall–Kier alpha value is -1.65. The van der Waals surface area contributed by atoms with Gasteiger partial charge in [-0.3, -0.25) is 4.79 Å². The van der Waals surface area contributed by atoms with Crippen molar-refractivity contribution in [2.24, 2.45) is 0 Å². The van der Waals surface area contributed by atoms with Crippen molar-refractivity contribution < 1.29 is 124 Å². The van der Waals surface area contributed by atoms with Crippen LogP contribution in [0.3, 0.4) is 0 Å². The van der Waals surface area contributed by atoms with E-state index >= 15 is 0 Å². The fraction of sp³-hybridized carbons (Fsp3) is 0.952. The third kappa shape index (κ3) is 8.53. The van der Waals surface area contributed by atoms with Gasteiger partial charge in [0.1, 0.15) is 0 Å². The maximum atomic E-state index is 14.1. The third-order valence-electron chi connectivity index (χ3n) is 6.44. The van der Waals surface area contributed by atoms with E-state index in [-0.39, 0.29) is 0 Å². The van der Waals surface area contributed by atoms with Crippen LogP contribution in [0.15, 0.2) is 0 Å². The second-order valence-electron chi connectivity index (χ2n) is 10.2. The predicted molar refractivity (Wildman–Crippen MR) is 121 cm³/mol. The van der Waals surface area contributed by atoms with E-state index in [4.69, 9.17) is 5.11 Å². The minimum atomic E-state index is -8.28. The van der Waals surface area contributed by atoms with Gasteiger partial charge >= 0.3 is 77.5 Å². The molecule has 0 aromatic heterocycles. The molecule has 0 aromatic carbocycles. The van der Waals surface area contributed by atoms with Crippen LogP contribution in [-0.2, 0) is 4.79 Å². The molecule has 0 saturated carbocycles. The second kappa shape index (κ2) is 14.2. The van der Waals surface area contributed by atoms with Gasteiger partial charge in [0.05, 0.1) is 4.08 Å². The summed E-state index contributed by atoms with van der Waals surface area (Å²) in [5, 5.41) is 8.73. The van der Waals surface area contributed by atoms with E-state index < -0.39 is 142 Å². The molecule has 0 spiro atoms. The van der Waals surface area contributed by atoms with Crippen molar-refractivity contribution in [2.45, 2.75) is 108 Å². The van der Waals surface area contributed by atoms with E-state index in [9.17, 15) is 119 Å². The zero-order valence-corrected chi connectivity index (χ0v) is 25.4. The zero-order chi connectivity index (χ0) is 41.7. The van der Waals surface area contributed by atoms with Crippen molar-refractivity contribution in [2.75, 3.05) is 11.5 Å². The Morgan fingerprint density at radius 3 is 0.863 bits per heavy atom. The number of halogens is 26. The summed E-state index contributed by atoms with van der Waals surface area (Å²) in [4.78, 5) is 10.8. The maximum absolute atomic E-state index is 14.1. The Morgan fingerprint density at radius 2 is 0.647 bits per heavy atom. The lowest BCUT2D eigenvalue weighted by atomic mass is 9.93. The highest BCUT2D eigenvalue weighted by Gasteiger charge is 2.92. The lowest BCUT2D eigenvalue weighted by Crippen LogP contribution is -2.70. The van der Waals surface area contributed by atoms with Gasteiger partial charge in [-0.1, -0.05) is 0 Å². The van der Waals surface area contributed by atoms with Crippen molar-refractivity contribution in [3.8, 4) is 0 Å². The summed E-state index contributed by atoms with van der Waals surface area (Å²) in [7, 11) is 0. The van der Waals surface area contributed by atoms with Gasteiger partial charge < -0.3 is 5.11 Å². The van der Waals surface area contributed by atoms with Crippen molar-refractivity contribution in [1.29, 1.82) is 0 Å². The third-order valence-corrected chi connectivity index (χ3v) is 9.59. The molecule has 0 amide bonds. The van der Waals surface area contributed by atoms with Gasteiger partial charge in [0.25, 0.3) is 0 Å². The van der Waals surface area contributed by atoms with Gasteiger partial charge in [-0.25, -0.2) is 0 Å². The fourth-order valence-corrected chi connectivity index (χ4v) is 6.13. The molecule has 0 heterocycles. The van der Waals surface area contributed by atoms with Crippen molar-refractivity contribution in [1.82, 2.24) is 0 Å². The van der Waals surface area contributed by atoms with E-state index in [2.05, 4.69) is 0 Å². The standard InChI is InChI=1S/C21H16F26O2S2/c1-9(3-2-8(48)49,50-6-4-10(22,23)12(26,27)14(30,31)16(34,35)18(38,39)20(42,43)44)51-7-5-11(24,25)13(28,29)15(32,33)17(36,37)19(40,41)21(45,46)47/h2-7H2,1H3,(H,48,49). The average Bonchev–Trinajstić information content (AvgIpc) is 2.89. The molecule has 0 aliphatic rings. The summed E-state index contributed by atoms with van der Waals surface area (Å²) in [6.45, 7) is 0.469. The Bertz CT molecular complexity index is 1130. The highest BCUT2D eigenvalue weighted by Crippen LogP contribution is 2.63. The van der Waals surface area contributed by atoms with Crippen LogP contribution < -0.4 is 0 Å². The van der Waals surface area contributed by atoms with E-state index in [1.165, 1.54) is 0 Å². The molecule has 0 atom stereocenters. The van der Waals surface area contributed by atoms with Crippen LogP contribution in [0, 0.1) is 0 Å². The molecule has 30 heteroatoms. The van der Waals surface area contributed by atoms with Gasteiger partial charge in [0.2, 0.25) is 0 Å². The molecule has 0 aromatic rings. The molecule has 0 radical (unpaired) electrons. The summed E-state index contributed by atoms with van der Waals surface area (Å²) in [5.74, 6) is -83.9. The summed E-state index contributed by atoms with van der Waals surface area (Å²) in [6, 6.07) is 0. The SMILES string of the molecule is CC(CCC(=O)O)(SCCC(F)(F)C(F)(F)C(F)(F)C(F)(F)C(F)(F)C(F)(F)F)SCCC(F)(F)C(F)(F)C(F)(F)C(F)(F)C(F)(F)C(F)(F)F. The Balaban J connectivity index is 6.25. The number of thioether (sulfide) groups is 2. The summed E-state index contributed by atoms with van der Waals surface area (Å²) in [6.07, 6.45) is -23.8. The molecule has 0 saturated heterocycles. The first-order valence-electron chi connectivity index (χ1n) is 12.2. The van der Waals surface area contributed by atoms with Gasteiger partial charge in [-0.05, 0) is 13.3 Å². The number of carbonyl (C=O) groups is 1. The average molecular weight is 858 g/mol. The second-order valence-corrected chi connectivity index (χ2v) is 13.7. The quantitative estimate of drug-likeness (QED) is 0.104. The Kier molecular flexibility index (Phi) is 13.7. The van der Waals surface area contributed by atoms with Crippen molar-refractivity contribution >= 4 is 29.5 Å². The van der Waals surface area contributed by atoms with Crippen LogP contribution in [-0.4, -0.2) is 98.2 Å². The molecule has 1 N–H and O–H groups in total. The minimum Gasteiger partial charge on any atom is -0.481 e. The smallest absolute Gasteiger partial charge is 0.460 e. The predicted octanol–water partition coefficient (Wildman–Crippen LogP) is 11.3. The molecular weight excluding hydrogens is 842 g/mol. The Labute approximate surface area is 274 Å². The first-order valence-corrected chi connectivity index (χ1v) is 14.2. The maximum Gasteiger partial charge on any atom is 0.460 e. The number of aliphatic carboxylic acids is 1. The van der Waals surface area contributed by atoms with E-state index in [0.29, 0.717) is 6.92 Å². The van der Waals surface area contributed by atoms with Gasteiger partial charge in [0.15, 0.2) is 0 Å². The largest absolute Gasteiger partial charge is 0.481 e. The van der Waals surface area contributed by atoms with Gasteiger partial charge in [-0.2, -0.15) is 114 Å². The molecule has 0 aliphatic carbocycles. The molecular formula is C21H16F26O2S2. The lowest BCUT2D eigenvalue weighted by molar-refractivity contribution is -0.439. The van der Waals surface area contributed by atoms with E-state index in [0.717, 1.165) is 0 Å². The van der Waals surface area contributed by atoms with E-state index in [1.807, 2.05) is 0 Å². The minimum absolute atomic E-state index is 0.469. The first-order chi connectivity index (χ1) is 21.8. The van der Waals surface area contributed by atoms with Crippen LogP contribution in [0.4, 0.5) is 114 Å². The molecule has 0 aliphatic heterocycles. The van der Waals surface area contributed by atoms with Crippen LogP contribution in [0.5, 0.6) is 0 Å². The van der Waals surface area contributed by atoms with Crippen LogP contribution in [0.1, 0.15) is 32.6 Å². The number of hydrogen-bond acceptors (Lipinski definition) is 3. The number of rotatable bonds is 19. The summed E-state index contributed by atoms with van der Waals surface area (Å²) in [5.41, 5.74) is 0. The first kappa shape index (κ1) is 49.4. The van der Waals surface area contributed by atoms with Crippen molar-refractivity contribution in [3.63, 3.8) is 0 Å². The highest BCUT2D eigenvalue weighted by atomic mass is 32.2. The van der Waals surface area contributed by atoms with Crippen LogP contribution >= 0.6 is 23.5 Å². The number of hydrogen-bond donors (Lipinski definition) is 1. The molecule has 0 fully saturated rings. The van der Waals surface area contributed by atoms with Crippen LogP contribution in [0.25, 0.3) is 0 Å². The highest BCUT2D eigenvalue weighted by molar-refractivity contribution is 8.18. The van der Waals surface area contributed by atoms with Crippen LogP contribution in [0.2, 0.25) is 0 Å². The van der Waals surface area contributed by atoms with E-state index in [1.54, 1.807) is 0 Å². The Morgan fingerprint density at radius 1 is 0.412 bits per heavy atom. The van der Waals surface area contributed by atoms with Gasteiger partial charge in [0, 0.05) is 30.8 Å². The molecule has 51 heavy (non-hydrogen) atoms. The molecule has 306 valence electrons. The number of carboxylic acid groups (broad SMARTS) is 1. The van der Waals surface area contributed by atoms with Crippen molar-refractivity contribution in [3.05, 3.63) is 0 Å². The summed E-state index contributed by atoms with van der Waals surface area (Å²) < 4.78 is 342. The molecule has 0 rings (SSSR count). The monoisotopic (exact) mass is 858 g/mol.